The maximum atomic E-state index is 13.0. The van der Waals surface area contributed by atoms with Crippen molar-refractivity contribution < 1.29 is 13.9 Å². The molecule has 0 aliphatic heterocycles. The van der Waals surface area contributed by atoms with Gasteiger partial charge in [-0.25, -0.2) is 9.18 Å². The number of rotatable bonds is 6. The molecule has 2 rings (SSSR count). The van der Waals surface area contributed by atoms with E-state index in [1.807, 2.05) is 42.5 Å². The molecule has 120 valence electrons. The summed E-state index contributed by atoms with van der Waals surface area (Å²) < 4.78 is 18.1. The minimum Gasteiger partial charge on any atom is -0.445 e. The molecule has 0 unspecified atom stereocenters. The molecule has 3 nitrogen and oxygen atoms in total. The Kier molecular flexibility index (Phi) is 6.63. The zero-order chi connectivity index (χ0) is 16.5. The maximum Gasteiger partial charge on any atom is 0.407 e. The third-order valence-corrected chi connectivity index (χ3v) is 3.34. The van der Waals surface area contributed by atoms with Gasteiger partial charge in [-0.2, -0.15) is 0 Å². The van der Waals surface area contributed by atoms with Crippen LogP contribution in [0.5, 0.6) is 0 Å². The molecule has 0 saturated carbocycles. The van der Waals surface area contributed by atoms with Crippen molar-refractivity contribution in [3.05, 3.63) is 76.6 Å². The summed E-state index contributed by atoms with van der Waals surface area (Å²) in [4.78, 5) is 11.5. The molecular formula is C18H17ClFNO2. The molecule has 23 heavy (non-hydrogen) atoms. The molecular weight excluding hydrogens is 317 g/mol. The summed E-state index contributed by atoms with van der Waals surface area (Å²) in [7, 11) is 0. The average Bonchev–Trinajstić information content (AvgIpc) is 2.57. The first kappa shape index (κ1) is 17.0. The fourth-order valence-electron chi connectivity index (χ4n) is 1.87. The van der Waals surface area contributed by atoms with Crippen molar-refractivity contribution in [3.63, 3.8) is 0 Å². The third kappa shape index (κ3) is 6.12. The zero-order valence-electron chi connectivity index (χ0n) is 12.5. The second kappa shape index (κ2) is 8.96. The smallest absolute Gasteiger partial charge is 0.407 e. The van der Waals surface area contributed by atoms with E-state index in [0.29, 0.717) is 13.0 Å². The number of hydrogen-bond acceptors (Lipinski definition) is 2. The number of carbonyl (C=O) groups is 1. The largest absolute Gasteiger partial charge is 0.445 e. The van der Waals surface area contributed by atoms with Gasteiger partial charge in [0.05, 0.1) is 5.02 Å². The van der Waals surface area contributed by atoms with Gasteiger partial charge in [0.2, 0.25) is 0 Å². The van der Waals surface area contributed by atoms with Gasteiger partial charge in [-0.1, -0.05) is 60.2 Å². The van der Waals surface area contributed by atoms with Crippen molar-refractivity contribution in [3.8, 4) is 0 Å². The van der Waals surface area contributed by atoms with Crippen LogP contribution in [0.3, 0.4) is 0 Å². The Morgan fingerprint density at radius 3 is 2.74 bits per heavy atom. The van der Waals surface area contributed by atoms with Crippen LogP contribution in [0.15, 0.2) is 54.6 Å². The van der Waals surface area contributed by atoms with Crippen LogP contribution in [0.25, 0.3) is 6.08 Å². The van der Waals surface area contributed by atoms with E-state index in [2.05, 4.69) is 5.32 Å². The lowest BCUT2D eigenvalue weighted by Crippen LogP contribution is -2.24. The Morgan fingerprint density at radius 1 is 1.22 bits per heavy atom. The first-order valence-corrected chi connectivity index (χ1v) is 7.59. The number of nitrogens with one attached hydrogen (secondary N) is 1. The van der Waals surface area contributed by atoms with Gasteiger partial charge in [-0.3, -0.25) is 0 Å². The molecule has 2 aromatic rings. The molecule has 0 radical (unpaired) electrons. The van der Waals surface area contributed by atoms with Crippen molar-refractivity contribution in [2.24, 2.45) is 0 Å². The molecule has 0 aliphatic rings. The highest BCUT2D eigenvalue weighted by Gasteiger charge is 2.01. The van der Waals surface area contributed by atoms with Gasteiger partial charge in [0, 0.05) is 6.54 Å². The van der Waals surface area contributed by atoms with E-state index in [1.165, 1.54) is 6.07 Å². The number of alkyl carbamates (subject to hydrolysis) is 1. The van der Waals surface area contributed by atoms with Gasteiger partial charge < -0.3 is 10.1 Å². The van der Waals surface area contributed by atoms with Gasteiger partial charge in [0.15, 0.2) is 0 Å². The molecule has 0 heterocycles. The molecule has 0 aromatic heterocycles. The van der Waals surface area contributed by atoms with Crippen LogP contribution in [-0.2, 0) is 11.3 Å². The summed E-state index contributed by atoms with van der Waals surface area (Å²) in [6.07, 6.45) is 3.88. The van der Waals surface area contributed by atoms with Gasteiger partial charge >= 0.3 is 6.09 Å². The lowest BCUT2D eigenvalue weighted by Gasteiger charge is -2.05. The van der Waals surface area contributed by atoms with Crippen LogP contribution in [0, 0.1) is 5.82 Å². The van der Waals surface area contributed by atoms with E-state index in [4.69, 9.17) is 16.3 Å². The number of ether oxygens (including phenoxy) is 1. The summed E-state index contributed by atoms with van der Waals surface area (Å²) in [5, 5.41) is 2.75. The summed E-state index contributed by atoms with van der Waals surface area (Å²) >= 11 is 5.70. The van der Waals surface area contributed by atoms with Crippen molar-refractivity contribution in [2.45, 2.75) is 13.0 Å². The second-order valence-corrected chi connectivity index (χ2v) is 5.26. The molecule has 0 bridgehead atoms. The van der Waals surface area contributed by atoms with Crippen LogP contribution >= 0.6 is 11.6 Å². The van der Waals surface area contributed by atoms with Gasteiger partial charge in [-0.15, -0.1) is 0 Å². The lowest BCUT2D eigenvalue weighted by atomic mass is 10.2. The number of halogens is 2. The number of hydrogen-bond donors (Lipinski definition) is 1. The predicted molar refractivity (Wildman–Crippen MR) is 89.7 cm³/mol. The summed E-state index contributed by atoms with van der Waals surface area (Å²) in [5.41, 5.74) is 1.75. The Bertz CT molecular complexity index is 674. The first-order valence-electron chi connectivity index (χ1n) is 7.21. The number of benzene rings is 2. The van der Waals surface area contributed by atoms with E-state index in [1.54, 1.807) is 12.1 Å². The highest BCUT2D eigenvalue weighted by molar-refractivity contribution is 6.30. The van der Waals surface area contributed by atoms with Gasteiger partial charge in [0.1, 0.15) is 12.4 Å². The Hall–Kier alpha value is -2.33. The molecule has 2 aromatic carbocycles. The normalized spacial score (nSPS) is 10.7. The van der Waals surface area contributed by atoms with Crippen LogP contribution < -0.4 is 5.32 Å². The standard InChI is InChI=1S/C18H17ClFNO2/c19-16-12-14(9-10-17(16)20)6-4-5-11-21-18(22)23-13-15-7-2-1-3-8-15/h1-4,6-10,12H,5,11,13H2,(H,21,22). The zero-order valence-corrected chi connectivity index (χ0v) is 13.2. The highest BCUT2D eigenvalue weighted by Crippen LogP contribution is 2.16. The Morgan fingerprint density at radius 2 is 2.00 bits per heavy atom. The Labute approximate surface area is 139 Å². The summed E-state index contributed by atoms with van der Waals surface area (Å²) in [6, 6.07) is 14.0. The predicted octanol–water partition coefficient (Wildman–Crippen LogP) is 4.81. The minimum atomic E-state index is -0.452. The molecule has 5 heteroatoms. The molecule has 0 aliphatic carbocycles. The van der Waals surface area contributed by atoms with Crippen molar-refractivity contribution in [1.29, 1.82) is 0 Å². The van der Waals surface area contributed by atoms with Crippen LogP contribution in [0.4, 0.5) is 9.18 Å². The minimum absolute atomic E-state index is 0.0924. The second-order valence-electron chi connectivity index (χ2n) is 4.85. The first-order chi connectivity index (χ1) is 11.1. The van der Waals surface area contributed by atoms with E-state index >= 15 is 0 Å². The fourth-order valence-corrected chi connectivity index (χ4v) is 2.06. The van der Waals surface area contributed by atoms with Crippen LogP contribution in [0.2, 0.25) is 5.02 Å². The molecule has 1 amide bonds. The van der Waals surface area contributed by atoms with E-state index in [9.17, 15) is 9.18 Å². The monoisotopic (exact) mass is 333 g/mol. The van der Waals surface area contributed by atoms with E-state index < -0.39 is 11.9 Å². The quantitative estimate of drug-likeness (QED) is 0.770. The molecule has 0 spiro atoms. The molecule has 0 saturated heterocycles. The van der Waals surface area contributed by atoms with Gasteiger partial charge in [0.25, 0.3) is 0 Å². The van der Waals surface area contributed by atoms with E-state index in [-0.39, 0.29) is 11.6 Å². The molecule has 0 atom stereocenters. The number of carbonyl (C=O) groups excluding carboxylic acids is 1. The summed E-state index contributed by atoms with van der Waals surface area (Å²) in [6.45, 7) is 0.704. The summed E-state index contributed by atoms with van der Waals surface area (Å²) in [5.74, 6) is -0.438. The van der Waals surface area contributed by atoms with Crippen molar-refractivity contribution >= 4 is 23.8 Å². The SMILES string of the molecule is O=C(NCCC=Cc1ccc(F)c(Cl)c1)OCc1ccccc1. The van der Waals surface area contributed by atoms with Crippen molar-refractivity contribution in [1.82, 2.24) is 5.32 Å². The van der Waals surface area contributed by atoms with Crippen LogP contribution in [0.1, 0.15) is 17.5 Å². The highest BCUT2D eigenvalue weighted by atomic mass is 35.5. The van der Waals surface area contributed by atoms with Gasteiger partial charge in [-0.05, 0) is 29.7 Å². The molecule has 0 fully saturated rings. The Balaban J connectivity index is 1.65. The number of amides is 1. The fraction of sp³-hybridized carbons (Fsp3) is 0.167. The third-order valence-electron chi connectivity index (χ3n) is 3.05. The average molecular weight is 334 g/mol. The molecule has 1 N–H and O–H groups in total. The lowest BCUT2D eigenvalue weighted by molar-refractivity contribution is 0.140. The maximum absolute atomic E-state index is 13.0. The topological polar surface area (TPSA) is 38.3 Å². The van der Waals surface area contributed by atoms with E-state index in [0.717, 1.165) is 11.1 Å². The van der Waals surface area contributed by atoms with Crippen LogP contribution in [-0.4, -0.2) is 12.6 Å². The van der Waals surface area contributed by atoms with Crippen molar-refractivity contribution in [2.75, 3.05) is 6.54 Å².